The van der Waals surface area contributed by atoms with E-state index < -0.39 is 31.1 Å². The highest BCUT2D eigenvalue weighted by Gasteiger charge is 2.19. The topological polar surface area (TPSA) is 107 Å². The van der Waals surface area contributed by atoms with E-state index in [0.29, 0.717) is 0 Å². The molecule has 7 heteroatoms. The third-order valence-corrected chi connectivity index (χ3v) is 2.81. The Labute approximate surface area is 122 Å². The van der Waals surface area contributed by atoms with Crippen LogP contribution >= 0.6 is 0 Å². The number of nitrogens with zero attached hydrogens (tertiary/aromatic N) is 1. The number of urea groups is 1. The van der Waals surface area contributed by atoms with E-state index in [-0.39, 0.29) is 6.54 Å². The largest absolute Gasteiger partial charge is 0.480 e. The number of nitrogens with one attached hydrogen (secondary N) is 1. The van der Waals surface area contributed by atoms with Crippen molar-refractivity contribution in [3.05, 3.63) is 35.4 Å². The van der Waals surface area contributed by atoms with Gasteiger partial charge in [0, 0.05) is 6.54 Å². The second kappa shape index (κ2) is 7.88. The number of hydrogen-bond acceptors (Lipinski definition) is 3. The average molecular weight is 294 g/mol. The molecule has 0 radical (unpaired) electrons. The zero-order valence-electron chi connectivity index (χ0n) is 11.7. The zero-order chi connectivity index (χ0) is 15.8. The first kappa shape index (κ1) is 16.5. The van der Waals surface area contributed by atoms with Crippen LogP contribution in [0.5, 0.6) is 0 Å². The molecule has 0 saturated carbocycles. The summed E-state index contributed by atoms with van der Waals surface area (Å²) in [7, 11) is 0. The Hall–Kier alpha value is -2.57. The molecule has 0 saturated heterocycles. The predicted molar refractivity (Wildman–Crippen MR) is 74.9 cm³/mol. The predicted octanol–water partition coefficient (Wildman–Crippen LogP) is 0.930. The Morgan fingerprint density at radius 2 is 1.48 bits per heavy atom. The molecule has 0 atom stereocenters. The first-order valence-corrected chi connectivity index (χ1v) is 6.46. The molecule has 1 aromatic rings. The highest BCUT2D eigenvalue weighted by atomic mass is 16.4. The van der Waals surface area contributed by atoms with Crippen molar-refractivity contribution in [2.45, 2.75) is 19.9 Å². The molecule has 0 fully saturated rings. The van der Waals surface area contributed by atoms with Crippen LogP contribution in [-0.2, 0) is 22.6 Å². The first-order valence-electron chi connectivity index (χ1n) is 6.46. The van der Waals surface area contributed by atoms with Gasteiger partial charge in [0.05, 0.1) is 0 Å². The Morgan fingerprint density at radius 3 is 1.90 bits per heavy atom. The van der Waals surface area contributed by atoms with Crippen molar-refractivity contribution in [1.29, 1.82) is 0 Å². The maximum atomic E-state index is 11.8. The molecule has 0 heterocycles. The van der Waals surface area contributed by atoms with Crippen LogP contribution in [0.25, 0.3) is 0 Å². The molecule has 1 aromatic carbocycles. The number of rotatable bonds is 7. The van der Waals surface area contributed by atoms with Crippen LogP contribution in [0.3, 0.4) is 0 Å². The summed E-state index contributed by atoms with van der Waals surface area (Å²) in [6, 6.07) is 6.87. The van der Waals surface area contributed by atoms with E-state index in [1.165, 1.54) is 5.56 Å². The highest BCUT2D eigenvalue weighted by Crippen LogP contribution is 2.05. The van der Waals surface area contributed by atoms with Crippen LogP contribution in [-0.4, -0.2) is 46.2 Å². The average Bonchev–Trinajstić information content (AvgIpc) is 2.43. The summed E-state index contributed by atoms with van der Waals surface area (Å²) in [5.74, 6) is -2.53. The van der Waals surface area contributed by atoms with Crippen molar-refractivity contribution in [1.82, 2.24) is 10.2 Å². The van der Waals surface area contributed by atoms with E-state index in [2.05, 4.69) is 5.32 Å². The highest BCUT2D eigenvalue weighted by molar-refractivity contribution is 5.84. The lowest BCUT2D eigenvalue weighted by Gasteiger charge is -2.19. The van der Waals surface area contributed by atoms with Crippen molar-refractivity contribution in [3.8, 4) is 0 Å². The molecule has 3 N–H and O–H groups in total. The van der Waals surface area contributed by atoms with Gasteiger partial charge in [0.1, 0.15) is 13.1 Å². The lowest BCUT2D eigenvalue weighted by molar-refractivity contribution is -0.140. The fourth-order valence-corrected chi connectivity index (χ4v) is 1.71. The summed E-state index contributed by atoms with van der Waals surface area (Å²) in [6.45, 7) is 0.921. The molecule has 0 spiro atoms. The van der Waals surface area contributed by atoms with Gasteiger partial charge < -0.3 is 20.4 Å². The fraction of sp³-hybridized carbons (Fsp3) is 0.357. The molecule has 0 aliphatic heterocycles. The summed E-state index contributed by atoms with van der Waals surface area (Å²) in [5.41, 5.74) is 2.02. The molecule has 0 aromatic heterocycles. The minimum Gasteiger partial charge on any atom is -0.480 e. The number of carbonyl (C=O) groups excluding carboxylic acids is 1. The van der Waals surface area contributed by atoms with E-state index in [9.17, 15) is 14.4 Å². The van der Waals surface area contributed by atoms with Crippen LogP contribution in [0.4, 0.5) is 4.79 Å². The van der Waals surface area contributed by atoms with E-state index in [0.717, 1.165) is 16.9 Å². The van der Waals surface area contributed by atoms with Gasteiger partial charge in [0.15, 0.2) is 0 Å². The number of carboxylic acids is 2. The Bertz CT molecular complexity index is 497. The van der Waals surface area contributed by atoms with Crippen LogP contribution < -0.4 is 5.32 Å². The maximum absolute atomic E-state index is 11.8. The number of benzene rings is 1. The van der Waals surface area contributed by atoms with E-state index in [1.807, 2.05) is 31.2 Å². The quantitative estimate of drug-likeness (QED) is 0.693. The zero-order valence-corrected chi connectivity index (χ0v) is 11.7. The third kappa shape index (κ3) is 5.94. The van der Waals surface area contributed by atoms with Gasteiger partial charge in [0.2, 0.25) is 0 Å². The number of hydrogen-bond donors (Lipinski definition) is 3. The molecular weight excluding hydrogens is 276 g/mol. The lowest BCUT2D eigenvalue weighted by Crippen LogP contribution is -2.45. The maximum Gasteiger partial charge on any atom is 0.323 e. The van der Waals surface area contributed by atoms with Crippen molar-refractivity contribution in [2.24, 2.45) is 0 Å². The normalized spacial score (nSPS) is 9.95. The minimum absolute atomic E-state index is 0.207. The van der Waals surface area contributed by atoms with Crippen LogP contribution in [0.1, 0.15) is 18.1 Å². The number of aliphatic carboxylic acids is 2. The number of aryl methyl sites for hydroxylation is 1. The molecule has 2 amide bonds. The monoisotopic (exact) mass is 294 g/mol. The van der Waals surface area contributed by atoms with Crippen molar-refractivity contribution in [2.75, 3.05) is 13.1 Å². The summed E-state index contributed by atoms with van der Waals surface area (Å²) < 4.78 is 0. The third-order valence-electron chi connectivity index (χ3n) is 2.81. The van der Waals surface area contributed by atoms with Crippen molar-refractivity contribution < 1.29 is 24.6 Å². The summed E-state index contributed by atoms with van der Waals surface area (Å²) in [4.78, 5) is 33.8. The van der Waals surface area contributed by atoms with Gasteiger partial charge in [-0.15, -0.1) is 0 Å². The fourth-order valence-electron chi connectivity index (χ4n) is 1.71. The number of carbonyl (C=O) groups is 3. The molecule has 1 rings (SSSR count). The molecule has 0 bridgehead atoms. The second-order valence-corrected chi connectivity index (χ2v) is 4.47. The molecule has 0 unspecified atom stereocenters. The van der Waals surface area contributed by atoms with Crippen molar-refractivity contribution in [3.63, 3.8) is 0 Å². The van der Waals surface area contributed by atoms with Gasteiger partial charge in [-0.25, -0.2) is 4.79 Å². The molecule has 0 aliphatic rings. The van der Waals surface area contributed by atoms with Gasteiger partial charge >= 0.3 is 18.0 Å². The van der Waals surface area contributed by atoms with Gasteiger partial charge in [-0.1, -0.05) is 31.2 Å². The molecule has 0 aliphatic carbocycles. The lowest BCUT2D eigenvalue weighted by atomic mass is 10.1. The van der Waals surface area contributed by atoms with Crippen LogP contribution in [0.15, 0.2) is 24.3 Å². The van der Waals surface area contributed by atoms with E-state index in [1.54, 1.807) is 0 Å². The van der Waals surface area contributed by atoms with E-state index in [4.69, 9.17) is 10.2 Å². The SMILES string of the molecule is CCc1ccc(CNC(=O)N(CC(=O)O)CC(=O)O)cc1. The van der Waals surface area contributed by atoms with Gasteiger partial charge in [-0.05, 0) is 17.5 Å². The molecular formula is C14H18N2O5. The second-order valence-electron chi connectivity index (χ2n) is 4.47. The van der Waals surface area contributed by atoms with Gasteiger partial charge in [-0.3, -0.25) is 9.59 Å². The Balaban J connectivity index is 2.59. The smallest absolute Gasteiger partial charge is 0.323 e. The summed E-state index contributed by atoms with van der Waals surface area (Å²) in [5, 5.41) is 19.9. The standard InChI is InChI=1S/C14H18N2O5/c1-2-10-3-5-11(6-4-10)7-15-14(21)16(8-12(17)18)9-13(19)20/h3-6H,2,7-9H2,1H3,(H,15,21)(H,17,18)(H,19,20). The Kier molecular flexibility index (Phi) is 6.19. The van der Waals surface area contributed by atoms with Crippen molar-refractivity contribution >= 4 is 18.0 Å². The minimum atomic E-state index is -1.27. The number of amides is 2. The molecule has 114 valence electrons. The summed E-state index contributed by atoms with van der Waals surface area (Å²) in [6.07, 6.45) is 0.914. The van der Waals surface area contributed by atoms with Gasteiger partial charge in [-0.2, -0.15) is 0 Å². The first-order chi connectivity index (χ1) is 9.92. The molecule has 21 heavy (non-hydrogen) atoms. The molecule has 7 nitrogen and oxygen atoms in total. The number of carboxylic acid groups (broad SMARTS) is 2. The van der Waals surface area contributed by atoms with Gasteiger partial charge in [0.25, 0.3) is 0 Å². The summed E-state index contributed by atoms with van der Waals surface area (Å²) >= 11 is 0. The van der Waals surface area contributed by atoms with E-state index >= 15 is 0 Å². The van der Waals surface area contributed by atoms with Crippen LogP contribution in [0, 0.1) is 0 Å². The Morgan fingerprint density at radius 1 is 1.00 bits per heavy atom. The van der Waals surface area contributed by atoms with Crippen LogP contribution in [0.2, 0.25) is 0 Å².